The van der Waals surface area contributed by atoms with Crippen LogP contribution in [0.2, 0.25) is 0 Å². The molecule has 3 aromatic rings. The molecule has 3 rings (SSSR count). The molecule has 6 N–H and O–H groups in total. The van der Waals surface area contributed by atoms with Gasteiger partial charge in [-0.1, -0.05) is 24.3 Å². The van der Waals surface area contributed by atoms with Crippen LogP contribution in [0, 0.1) is 0 Å². The Hall–Kier alpha value is -2.94. The number of nitrogens with one attached hydrogen (secondary N) is 2. The average Bonchev–Trinajstić information content (AvgIpc) is 3.21. The molecule has 0 aliphatic carbocycles. The zero-order chi connectivity index (χ0) is 22.2. The number of carbonyl (C=O) groups is 1. The Bertz CT molecular complexity index is 940. The quantitative estimate of drug-likeness (QED) is 0.317. The number of amides is 1. The number of carbonyl (C=O) groups excluding carboxylic acids is 1. The minimum atomic E-state index is -0.624. The van der Waals surface area contributed by atoms with Gasteiger partial charge >= 0.3 is 0 Å². The van der Waals surface area contributed by atoms with Crippen LogP contribution in [-0.4, -0.2) is 69.4 Å². The molecule has 31 heavy (non-hydrogen) atoms. The van der Waals surface area contributed by atoms with Crippen molar-refractivity contribution in [2.75, 3.05) is 32.0 Å². The highest BCUT2D eigenvalue weighted by atomic mass is 16.3. The van der Waals surface area contributed by atoms with Crippen molar-refractivity contribution >= 4 is 22.6 Å². The van der Waals surface area contributed by atoms with Crippen LogP contribution in [0.3, 0.4) is 0 Å². The lowest BCUT2D eigenvalue weighted by atomic mass is 10.1. The van der Waals surface area contributed by atoms with Gasteiger partial charge in [0.25, 0.3) is 5.91 Å². The van der Waals surface area contributed by atoms with Crippen LogP contribution in [0.4, 0.5) is 5.82 Å². The smallest absolute Gasteiger partial charge is 0.267 e. The summed E-state index contributed by atoms with van der Waals surface area (Å²) in [6.07, 6.45) is 2.28. The standard InChI is InChI=1S/C23H31N5O3/c1-16(15-29)28(11-9-17-6-7-22(24)26-13-17)14-19(30)8-10-25-23(31)21-12-18-4-2-3-5-20(18)27-21/h2-7,12-13,16,19,27,29-30H,8-11,14-15H2,1H3,(H2,24,26)(H,25,31)/t16-,19?/m0/s1. The Morgan fingerprint density at radius 1 is 1.29 bits per heavy atom. The number of aromatic nitrogens is 2. The van der Waals surface area contributed by atoms with Crippen molar-refractivity contribution in [3.63, 3.8) is 0 Å². The van der Waals surface area contributed by atoms with Gasteiger partial charge in [0.15, 0.2) is 0 Å². The molecule has 0 aliphatic heterocycles. The van der Waals surface area contributed by atoms with Gasteiger partial charge in [0.05, 0.1) is 12.7 Å². The molecular formula is C23H31N5O3. The van der Waals surface area contributed by atoms with Crippen LogP contribution < -0.4 is 11.1 Å². The number of pyridine rings is 1. The number of nitrogens with two attached hydrogens (primary N) is 1. The molecule has 8 nitrogen and oxygen atoms in total. The number of hydrogen-bond donors (Lipinski definition) is 5. The number of benzene rings is 1. The second-order valence-electron chi connectivity index (χ2n) is 7.84. The van der Waals surface area contributed by atoms with E-state index in [1.54, 1.807) is 12.3 Å². The predicted molar refractivity (Wildman–Crippen MR) is 122 cm³/mol. The normalized spacial score (nSPS) is 13.4. The number of hydrogen-bond acceptors (Lipinski definition) is 6. The van der Waals surface area contributed by atoms with E-state index in [9.17, 15) is 15.0 Å². The van der Waals surface area contributed by atoms with Crippen LogP contribution in [-0.2, 0) is 6.42 Å². The summed E-state index contributed by atoms with van der Waals surface area (Å²) < 4.78 is 0. The topological polar surface area (TPSA) is 128 Å². The molecule has 1 amide bonds. The maximum Gasteiger partial charge on any atom is 0.267 e. The Balaban J connectivity index is 1.46. The van der Waals surface area contributed by atoms with Gasteiger partial charge in [-0.25, -0.2) is 4.98 Å². The molecule has 0 spiro atoms. The summed E-state index contributed by atoms with van der Waals surface area (Å²) in [7, 11) is 0. The first kappa shape index (κ1) is 22.7. The fourth-order valence-corrected chi connectivity index (χ4v) is 3.47. The van der Waals surface area contributed by atoms with E-state index in [0.717, 1.165) is 22.9 Å². The van der Waals surface area contributed by atoms with Crippen molar-refractivity contribution in [1.29, 1.82) is 0 Å². The van der Waals surface area contributed by atoms with Crippen LogP contribution in [0.15, 0.2) is 48.7 Å². The number of nitrogen functional groups attached to an aromatic ring is 1. The number of aliphatic hydroxyl groups excluding tert-OH is 2. The van der Waals surface area contributed by atoms with Crippen LogP contribution >= 0.6 is 0 Å². The maximum atomic E-state index is 12.4. The molecule has 0 saturated heterocycles. The summed E-state index contributed by atoms with van der Waals surface area (Å²) in [5.74, 6) is 0.286. The van der Waals surface area contributed by atoms with Crippen molar-refractivity contribution in [1.82, 2.24) is 20.2 Å². The molecule has 8 heteroatoms. The Morgan fingerprint density at radius 3 is 2.81 bits per heavy atom. The first-order valence-electron chi connectivity index (χ1n) is 10.6. The zero-order valence-corrected chi connectivity index (χ0v) is 17.8. The van der Waals surface area contributed by atoms with E-state index in [1.807, 2.05) is 48.2 Å². The van der Waals surface area contributed by atoms with Crippen molar-refractivity contribution in [3.8, 4) is 0 Å². The van der Waals surface area contributed by atoms with Gasteiger partial charge in [0.1, 0.15) is 11.5 Å². The summed E-state index contributed by atoms with van der Waals surface area (Å²) >= 11 is 0. The van der Waals surface area contributed by atoms with E-state index >= 15 is 0 Å². The van der Waals surface area contributed by atoms with Crippen LogP contribution in [0.25, 0.3) is 10.9 Å². The lowest BCUT2D eigenvalue weighted by molar-refractivity contribution is 0.0647. The lowest BCUT2D eigenvalue weighted by Gasteiger charge is -2.30. The highest BCUT2D eigenvalue weighted by Gasteiger charge is 2.18. The van der Waals surface area contributed by atoms with Crippen molar-refractivity contribution in [2.24, 2.45) is 0 Å². The van der Waals surface area contributed by atoms with E-state index in [2.05, 4.69) is 15.3 Å². The molecule has 2 aromatic heterocycles. The summed E-state index contributed by atoms with van der Waals surface area (Å²) in [5.41, 5.74) is 8.09. The monoisotopic (exact) mass is 425 g/mol. The second-order valence-corrected chi connectivity index (χ2v) is 7.84. The molecular weight excluding hydrogens is 394 g/mol. The van der Waals surface area contributed by atoms with Gasteiger partial charge in [0.2, 0.25) is 0 Å². The van der Waals surface area contributed by atoms with Gasteiger partial charge in [0, 0.05) is 42.8 Å². The SMILES string of the molecule is C[C@@H](CO)N(CCc1ccc(N)nc1)CC(O)CCNC(=O)c1cc2ccccc2[nH]1. The molecule has 0 fully saturated rings. The number of para-hydroxylation sites is 1. The van der Waals surface area contributed by atoms with Crippen molar-refractivity contribution in [3.05, 3.63) is 59.9 Å². The molecule has 0 aliphatic rings. The maximum absolute atomic E-state index is 12.4. The van der Waals surface area contributed by atoms with E-state index in [0.29, 0.717) is 37.6 Å². The molecule has 166 valence electrons. The summed E-state index contributed by atoms with van der Waals surface area (Å²) in [6.45, 7) is 3.37. The fraction of sp³-hybridized carbons (Fsp3) is 0.391. The Labute approximate surface area is 182 Å². The molecule has 0 saturated carbocycles. The highest BCUT2D eigenvalue weighted by molar-refractivity contribution is 5.97. The Morgan fingerprint density at radius 2 is 2.10 bits per heavy atom. The zero-order valence-electron chi connectivity index (χ0n) is 17.8. The number of aromatic amines is 1. The van der Waals surface area contributed by atoms with Gasteiger partial charge in [-0.15, -0.1) is 0 Å². The number of aliphatic hydroxyl groups is 2. The fourth-order valence-electron chi connectivity index (χ4n) is 3.47. The number of fused-ring (bicyclic) bond motifs is 1. The average molecular weight is 426 g/mol. The first-order chi connectivity index (χ1) is 15.0. The molecule has 2 atom stereocenters. The van der Waals surface area contributed by atoms with E-state index in [1.165, 1.54) is 0 Å². The summed E-state index contributed by atoms with van der Waals surface area (Å²) in [5, 5.41) is 23.9. The van der Waals surface area contributed by atoms with Crippen molar-refractivity contribution < 1.29 is 15.0 Å². The third kappa shape index (κ3) is 6.52. The van der Waals surface area contributed by atoms with Gasteiger partial charge in [-0.2, -0.15) is 0 Å². The van der Waals surface area contributed by atoms with Crippen LogP contribution in [0.5, 0.6) is 0 Å². The van der Waals surface area contributed by atoms with E-state index < -0.39 is 6.10 Å². The first-order valence-corrected chi connectivity index (χ1v) is 10.6. The molecule has 1 aromatic carbocycles. The van der Waals surface area contributed by atoms with Gasteiger partial charge in [-0.05, 0) is 43.5 Å². The lowest BCUT2D eigenvalue weighted by Crippen LogP contribution is -2.43. The molecule has 0 bridgehead atoms. The third-order valence-electron chi connectivity index (χ3n) is 5.41. The van der Waals surface area contributed by atoms with E-state index in [4.69, 9.17) is 5.73 Å². The van der Waals surface area contributed by atoms with Gasteiger partial charge in [-0.3, -0.25) is 9.69 Å². The van der Waals surface area contributed by atoms with Crippen molar-refractivity contribution in [2.45, 2.75) is 31.9 Å². The number of nitrogens with zero attached hydrogens (tertiary/aromatic N) is 2. The third-order valence-corrected chi connectivity index (χ3v) is 5.41. The largest absolute Gasteiger partial charge is 0.395 e. The minimum Gasteiger partial charge on any atom is -0.395 e. The number of anilines is 1. The summed E-state index contributed by atoms with van der Waals surface area (Å²) in [4.78, 5) is 21.6. The second kappa shape index (κ2) is 10.9. The summed E-state index contributed by atoms with van der Waals surface area (Å²) in [6, 6.07) is 13.1. The minimum absolute atomic E-state index is 0.00380. The highest BCUT2D eigenvalue weighted by Crippen LogP contribution is 2.14. The van der Waals surface area contributed by atoms with Crippen LogP contribution in [0.1, 0.15) is 29.4 Å². The number of rotatable bonds is 11. The van der Waals surface area contributed by atoms with Gasteiger partial charge < -0.3 is 26.2 Å². The molecule has 2 heterocycles. The predicted octanol–water partition coefficient (Wildman–Crippen LogP) is 1.55. The Kier molecular flexibility index (Phi) is 8.00. The number of H-pyrrole nitrogens is 1. The van der Waals surface area contributed by atoms with E-state index in [-0.39, 0.29) is 18.6 Å². The molecule has 1 unspecified atom stereocenters. The molecule has 0 radical (unpaired) electrons.